The second-order valence-corrected chi connectivity index (χ2v) is 4.18. The van der Waals surface area contributed by atoms with Crippen LogP contribution in [0.2, 0.25) is 0 Å². The Labute approximate surface area is 90.4 Å². The van der Waals surface area contributed by atoms with Gasteiger partial charge in [-0.1, -0.05) is 6.42 Å². The Hall–Kier alpha value is -1.38. The summed E-state index contributed by atoms with van der Waals surface area (Å²) in [5, 5.41) is 0. The molecule has 1 aliphatic rings. The number of anilines is 2. The molecule has 0 aliphatic heterocycles. The molecule has 1 fully saturated rings. The lowest BCUT2D eigenvalue weighted by Gasteiger charge is -2.23. The molecule has 0 atom stereocenters. The van der Waals surface area contributed by atoms with Crippen molar-refractivity contribution in [1.29, 1.82) is 0 Å². The van der Waals surface area contributed by atoms with Crippen LogP contribution in [0.5, 0.6) is 5.75 Å². The minimum Gasteiger partial charge on any atom is -0.488 e. The van der Waals surface area contributed by atoms with Crippen molar-refractivity contribution in [2.24, 2.45) is 0 Å². The number of nitrogen functional groups attached to an aromatic ring is 2. The predicted octanol–water partition coefficient (Wildman–Crippen LogP) is 2.56. The molecule has 0 spiro atoms. The predicted molar refractivity (Wildman–Crippen MR) is 62.8 cm³/mol. The summed E-state index contributed by atoms with van der Waals surface area (Å²) in [5.74, 6) is 0.738. The fraction of sp³-hybridized carbons (Fsp3) is 0.500. The molecule has 0 amide bonds. The zero-order chi connectivity index (χ0) is 10.7. The Morgan fingerprint density at radius 3 is 2.53 bits per heavy atom. The molecule has 2 rings (SSSR count). The number of rotatable bonds is 2. The molecule has 0 heterocycles. The third kappa shape index (κ3) is 2.55. The average Bonchev–Trinajstić information content (AvgIpc) is 2.25. The number of hydrogen-bond donors (Lipinski definition) is 2. The Bertz CT molecular complexity index is 332. The first kappa shape index (κ1) is 10.1. The minimum atomic E-state index is 0.322. The second-order valence-electron chi connectivity index (χ2n) is 4.18. The van der Waals surface area contributed by atoms with Gasteiger partial charge in [0.1, 0.15) is 5.75 Å². The molecule has 1 aromatic carbocycles. The van der Waals surface area contributed by atoms with Crippen molar-refractivity contribution in [3.8, 4) is 5.75 Å². The molecule has 0 bridgehead atoms. The monoisotopic (exact) mass is 206 g/mol. The van der Waals surface area contributed by atoms with Crippen molar-refractivity contribution >= 4 is 11.4 Å². The molecule has 15 heavy (non-hydrogen) atoms. The van der Waals surface area contributed by atoms with Crippen molar-refractivity contribution in [1.82, 2.24) is 0 Å². The van der Waals surface area contributed by atoms with Gasteiger partial charge in [-0.25, -0.2) is 0 Å². The van der Waals surface area contributed by atoms with E-state index in [2.05, 4.69) is 0 Å². The first-order valence-electron chi connectivity index (χ1n) is 5.57. The van der Waals surface area contributed by atoms with Crippen LogP contribution < -0.4 is 16.2 Å². The summed E-state index contributed by atoms with van der Waals surface area (Å²) in [4.78, 5) is 0. The summed E-state index contributed by atoms with van der Waals surface area (Å²) in [6.45, 7) is 0. The lowest BCUT2D eigenvalue weighted by Crippen LogP contribution is -2.20. The smallest absolute Gasteiger partial charge is 0.144 e. The second kappa shape index (κ2) is 4.43. The van der Waals surface area contributed by atoms with Crippen LogP contribution in [0.1, 0.15) is 32.1 Å². The number of hydrogen-bond acceptors (Lipinski definition) is 3. The van der Waals surface area contributed by atoms with Gasteiger partial charge in [-0.05, 0) is 37.8 Å². The summed E-state index contributed by atoms with van der Waals surface area (Å²) < 4.78 is 5.86. The van der Waals surface area contributed by atoms with Crippen LogP contribution in [0.3, 0.4) is 0 Å². The quantitative estimate of drug-likeness (QED) is 0.731. The fourth-order valence-corrected chi connectivity index (χ4v) is 2.02. The molecule has 3 nitrogen and oxygen atoms in total. The third-order valence-corrected chi connectivity index (χ3v) is 2.88. The largest absolute Gasteiger partial charge is 0.488 e. The van der Waals surface area contributed by atoms with Crippen LogP contribution >= 0.6 is 0 Å². The Balaban J connectivity index is 2.05. The van der Waals surface area contributed by atoms with Crippen LogP contribution in [0.25, 0.3) is 0 Å². The van der Waals surface area contributed by atoms with Gasteiger partial charge in [0.15, 0.2) is 0 Å². The van der Waals surface area contributed by atoms with Crippen molar-refractivity contribution in [3.63, 3.8) is 0 Å². The van der Waals surface area contributed by atoms with Gasteiger partial charge < -0.3 is 16.2 Å². The molecule has 1 saturated carbocycles. The number of ether oxygens (including phenoxy) is 1. The first-order valence-corrected chi connectivity index (χ1v) is 5.57. The molecule has 0 aromatic heterocycles. The molecule has 1 aromatic rings. The summed E-state index contributed by atoms with van der Waals surface area (Å²) in [5.41, 5.74) is 12.9. The molecule has 4 N–H and O–H groups in total. The van der Waals surface area contributed by atoms with E-state index in [1.165, 1.54) is 19.3 Å². The highest BCUT2D eigenvalue weighted by atomic mass is 16.5. The third-order valence-electron chi connectivity index (χ3n) is 2.88. The molecule has 0 radical (unpaired) electrons. The van der Waals surface area contributed by atoms with E-state index in [9.17, 15) is 0 Å². The van der Waals surface area contributed by atoms with E-state index in [4.69, 9.17) is 16.2 Å². The molecular formula is C12H18N2O. The standard InChI is InChI=1S/C12H18N2O/c13-9-6-7-11(14)12(8-9)15-10-4-2-1-3-5-10/h6-8,10H,1-5,13-14H2. The van der Waals surface area contributed by atoms with E-state index in [-0.39, 0.29) is 0 Å². The maximum atomic E-state index is 5.86. The summed E-state index contributed by atoms with van der Waals surface area (Å²) in [6.07, 6.45) is 6.43. The normalized spacial score (nSPS) is 17.6. The number of nitrogens with two attached hydrogens (primary N) is 2. The molecular weight excluding hydrogens is 188 g/mol. The highest BCUT2D eigenvalue weighted by Crippen LogP contribution is 2.28. The summed E-state index contributed by atoms with van der Waals surface area (Å²) >= 11 is 0. The van der Waals surface area contributed by atoms with Crippen LogP contribution in [-0.4, -0.2) is 6.10 Å². The highest BCUT2D eigenvalue weighted by Gasteiger charge is 2.15. The van der Waals surface area contributed by atoms with E-state index in [0.717, 1.165) is 18.6 Å². The van der Waals surface area contributed by atoms with E-state index in [0.29, 0.717) is 17.5 Å². The van der Waals surface area contributed by atoms with Crippen LogP contribution in [-0.2, 0) is 0 Å². The van der Waals surface area contributed by atoms with Gasteiger partial charge in [-0.2, -0.15) is 0 Å². The lowest BCUT2D eigenvalue weighted by atomic mass is 9.98. The zero-order valence-corrected chi connectivity index (χ0v) is 8.91. The van der Waals surface area contributed by atoms with Gasteiger partial charge in [-0.15, -0.1) is 0 Å². The lowest BCUT2D eigenvalue weighted by molar-refractivity contribution is 0.156. The molecule has 1 aliphatic carbocycles. The highest BCUT2D eigenvalue weighted by molar-refractivity contribution is 5.59. The minimum absolute atomic E-state index is 0.322. The van der Waals surface area contributed by atoms with Gasteiger partial charge in [0.25, 0.3) is 0 Å². The van der Waals surface area contributed by atoms with Crippen LogP contribution in [0.15, 0.2) is 18.2 Å². The maximum Gasteiger partial charge on any atom is 0.144 e. The SMILES string of the molecule is Nc1ccc(N)c(OC2CCCCC2)c1. The van der Waals surface area contributed by atoms with Crippen LogP contribution in [0.4, 0.5) is 11.4 Å². The maximum absolute atomic E-state index is 5.86. The zero-order valence-electron chi connectivity index (χ0n) is 8.91. The Morgan fingerprint density at radius 1 is 1.07 bits per heavy atom. The summed E-state index contributed by atoms with van der Waals surface area (Å²) in [7, 11) is 0. The molecule has 3 heteroatoms. The molecule has 0 unspecified atom stereocenters. The number of benzene rings is 1. The molecule has 82 valence electrons. The van der Waals surface area contributed by atoms with E-state index in [1.54, 1.807) is 12.1 Å². The van der Waals surface area contributed by atoms with Gasteiger partial charge in [0.2, 0.25) is 0 Å². The van der Waals surface area contributed by atoms with Crippen molar-refractivity contribution in [3.05, 3.63) is 18.2 Å². The Kier molecular flexibility index (Phi) is 2.99. The van der Waals surface area contributed by atoms with Crippen molar-refractivity contribution in [2.75, 3.05) is 11.5 Å². The molecule has 0 saturated heterocycles. The van der Waals surface area contributed by atoms with Crippen LogP contribution in [0, 0.1) is 0 Å². The van der Waals surface area contributed by atoms with E-state index < -0.39 is 0 Å². The van der Waals surface area contributed by atoms with Crippen molar-refractivity contribution in [2.45, 2.75) is 38.2 Å². The van der Waals surface area contributed by atoms with Gasteiger partial charge in [-0.3, -0.25) is 0 Å². The van der Waals surface area contributed by atoms with Gasteiger partial charge in [0.05, 0.1) is 11.8 Å². The summed E-state index contributed by atoms with van der Waals surface area (Å²) in [6, 6.07) is 5.40. The van der Waals surface area contributed by atoms with Gasteiger partial charge in [0, 0.05) is 11.8 Å². The van der Waals surface area contributed by atoms with E-state index in [1.807, 2.05) is 6.07 Å². The fourth-order valence-electron chi connectivity index (χ4n) is 2.02. The first-order chi connectivity index (χ1) is 7.25. The average molecular weight is 206 g/mol. The Morgan fingerprint density at radius 2 is 1.80 bits per heavy atom. The van der Waals surface area contributed by atoms with Crippen molar-refractivity contribution < 1.29 is 4.74 Å². The van der Waals surface area contributed by atoms with Gasteiger partial charge >= 0.3 is 0 Å². The topological polar surface area (TPSA) is 61.3 Å². The van der Waals surface area contributed by atoms with E-state index >= 15 is 0 Å².